The van der Waals surface area contributed by atoms with Gasteiger partial charge in [-0.2, -0.15) is 4.31 Å². The van der Waals surface area contributed by atoms with Crippen LogP contribution >= 0.6 is 0 Å². The van der Waals surface area contributed by atoms with Crippen LogP contribution in [0.2, 0.25) is 0 Å². The summed E-state index contributed by atoms with van der Waals surface area (Å²) in [4.78, 5) is 12.6. The van der Waals surface area contributed by atoms with Crippen LogP contribution in [0.4, 0.5) is 4.39 Å². The number of rotatable bonds is 6. The van der Waals surface area contributed by atoms with Gasteiger partial charge in [0.25, 0.3) is 0 Å². The van der Waals surface area contributed by atoms with Crippen molar-refractivity contribution in [2.45, 2.75) is 12.6 Å². The van der Waals surface area contributed by atoms with E-state index in [4.69, 9.17) is 0 Å². The molecule has 128 valence electrons. The maximum atomic E-state index is 12.9. The number of carbonyl (C=O) groups excluding carboxylic acids is 1. The highest BCUT2D eigenvalue weighted by Crippen LogP contribution is 2.22. The molecule has 5 nitrogen and oxygen atoms in total. The van der Waals surface area contributed by atoms with Crippen molar-refractivity contribution in [3.63, 3.8) is 0 Å². The lowest BCUT2D eigenvalue weighted by molar-refractivity contribution is -0.124. The zero-order chi connectivity index (χ0) is 17.7. The highest BCUT2D eigenvalue weighted by molar-refractivity contribution is 7.88. The summed E-state index contributed by atoms with van der Waals surface area (Å²) in [6.07, 6.45) is 1.05. The molecule has 2 aromatic carbocycles. The molecule has 0 heterocycles. The van der Waals surface area contributed by atoms with E-state index in [0.29, 0.717) is 5.56 Å². The third-order valence-corrected chi connectivity index (χ3v) is 4.89. The molecule has 0 aliphatic heterocycles. The number of hydrogen-bond donors (Lipinski definition) is 1. The van der Waals surface area contributed by atoms with Gasteiger partial charge in [-0.1, -0.05) is 42.5 Å². The molecule has 7 heteroatoms. The van der Waals surface area contributed by atoms with E-state index < -0.39 is 22.0 Å². The molecule has 0 saturated carbocycles. The Hall–Kier alpha value is -2.25. The second-order valence-corrected chi connectivity index (χ2v) is 7.48. The molecule has 0 fully saturated rings. The number of amides is 1. The Labute approximate surface area is 141 Å². The normalized spacial score (nSPS) is 12.8. The van der Waals surface area contributed by atoms with E-state index in [0.717, 1.165) is 16.1 Å². The molecule has 1 N–H and O–H groups in total. The molecule has 2 rings (SSSR count). The topological polar surface area (TPSA) is 66.5 Å². The fourth-order valence-corrected chi connectivity index (χ4v) is 2.84. The Morgan fingerprint density at radius 2 is 1.71 bits per heavy atom. The summed E-state index contributed by atoms with van der Waals surface area (Å²) >= 11 is 0. The standard InChI is InChI=1S/C17H19FN2O3S/c1-20(24(2,22)23)16(14-6-4-3-5-7-14)17(21)19-12-13-8-10-15(18)11-9-13/h3-11,16H,12H2,1-2H3,(H,19,21). The van der Waals surface area contributed by atoms with Crippen LogP contribution in [0.5, 0.6) is 0 Å². The van der Waals surface area contributed by atoms with Crippen LogP contribution in [-0.2, 0) is 21.4 Å². The predicted molar refractivity (Wildman–Crippen MR) is 90.0 cm³/mol. The summed E-state index contributed by atoms with van der Waals surface area (Å²) in [6, 6.07) is 13.4. The molecule has 0 aromatic heterocycles. The van der Waals surface area contributed by atoms with Gasteiger partial charge >= 0.3 is 0 Å². The van der Waals surface area contributed by atoms with Crippen LogP contribution in [0.25, 0.3) is 0 Å². The first-order chi connectivity index (χ1) is 11.3. The van der Waals surface area contributed by atoms with Crippen LogP contribution in [0, 0.1) is 5.82 Å². The van der Waals surface area contributed by atoms with Crippen molar-refractivity contribution in [1.29, 1.82) is 0 Å². The summed E-state index contributed by atoms with van der Waals surface area (Å²) in [5, 5.41) is 2.70. The molecule has 24 heavy (non-hydrogen) atoms. The highest BCUT2D eigenvalue weighted by atomic mass is 32.2. The largest absolute Gasteiger partial charge is 0.350 e. The molecule has 0 spiro atoms. The first kappa shape index (κ1) is 18.1. The number of benzene rings is 2. The monoisotopic (exact) mass is 350 g/mol. The Kier molecular flexibility index (Phi) is 5.69. The average molecular weight is 350 g/mol. The zero-order valence-corrected chi connectivity index (χ0v) is 14.3. The Morgan fingerprint density at radius 1 is 1.12 bits per heavy atom. The number of nitrogens with one attached hydrogen (secondary N) is 1. The van der Waals surface area contributed by atoms with Gasteiger partial charge in [0.15, 0.2) is 0 Å². The van der Waals surface area contributed by atoms with E-state index in [-0.39, 0.29) is 12.4 Å². The molecule has 1 unspecified atom stereocenters. The summed E-state index contributed by atoms with van der Waals surface area (Å²) in [5.41, 5.74) is 1.29. The van der Waals surface area contributed by atoms with E-state index in [1.54, 1.807) is 42.5 Å². The van der Waals surface area contributed by atoms with Crippen molar-refractivity contribution >= 4 is 15.9 Å². The number of halogens is 1. The molecule has 0 aliphatic carbocycles. The summed E-state index contributed by atoms with van der Waals surface area (Å²) in [5.74, 6) is -0.803. The first-order valence-corrected chi connectivity index (χ1v) is 9.14. The smallest absolute Gasteiger partial charge is 0.243 e. The van der Waals surface area contributed by atoms with Gasteiger partial charge < -0.3 is 5.32 Å². The van der Waals surface area contributed by atoms with E-state index in [9.17, 15) is 17.6 Å². The van der Waals surface area contributed by atoms with Gasteiger partial charge in [0.1, 0.15) is 11.9 Å². The van der Waals surface area contributed by atoms with Gasteiger partial charge in [-0.05, 0) is 23.3 Å². The van der Waals surface area contributed by atoms with E-state index in [1.165, 1.54) is 19.2 Å². The van der Waals surface area contributed by atoms with Crippen molar-refractivity contribution in [2.75, 3.05) is 13.3 Å². The first-order valence-electron chi connectivity index (χ1n) is 7.29. The summed E-state index contributed by atoms with van der Waals surface area (Å²) < 4.78 is 37.7. The van der Waals surface area contributed by atoms with Crippen LogP contribution in [-0.4, -0.2) is 31.9 Å². The van der Waals surface area contributed by atoms with Crippen LogP contribution in [0.1, 0.15) is 17.2 Å². The molecule has 0 radical (unpaired) electrons. The van der Waals surface area contributed by atoms with Crippen molar-refractivity contribution < 1.29 is 17.6 Å². The highest BCUT2D eigenvalue weighted by Gasteiger charge is 2.30. The minimum atomic E-state index is -3.56. The second-order valence-electron chi connectivity index (χ2n) is 5.44. The number of carbonyl (C=O) groups is 1. The minimum absolute atomic E-state index is 0.181. The fraction of sp³-hybridized carbons (Fsp3) is 0.235. The number of sulfonamides is 1. The lowest BCUT2D eigenvalue weighted by Crippen LogP contribution is -2.41. The van der Waals surface area contributed by atoms with E-state index >= 15 is 0 Å². The molecular formula is C17H19FN2O3S. The zero-order valence-electron chi connectivity index (χ0n) is 13.4. The van der Waals surface area contributed by atoms with Crippen molar-refractivity contribution in [2.24, 2.45) is 0 Å². The summed E-state index contributed by atoms with van der Waals surface area (Å²) in [7, 11) is -2.20. The lowest BCUT2D eigenvalue weighted by atomic mass is 10.1. The third-order valence-electron chi connectivity index (χ3n) is 3.63. The van der Waals surface area contributed by atoms with Gasteiger partial charge in [0.05, 0.1) is 6.26 Å². The van der Waals surface area contributed by atoms with Gasteiger partial charge in [-0.25, -0.2) is 12.8 Å². The number of nitrogens with zero attached hydrogens (tertiary/aromatic N) is 1. The Bertz CT molecular complexity index is 792. The molecule has 1 atom stereocenters. The second kappa shape index (κ2) is 7.55. The SMILES string of the molecule is CN(C(C(=O)NCc1ccc(F)cc1)c1ccccc1)S(C)(=O)=O. The maximum absolute atomic E-state index is 12.9. The molecule has 2 aromatic rings. The van der Waals surface area contributed by atoms with Gasteiger partial charge in [0, 0.05) is 13.6 Å². The average Bonchev–Trinajstić information content (AvgIpc) is 2.54. The molecule has 0 saturated heterocycles. The number of likely N-dealkylation sites (N-methyl/N-ethyl adjacent to an activating group) is 1. The quantitative estimate of drug-likeness (QED) is 0.867. The van der Waals surface area contributed by atoms with E-state index in [2.05, 4.69) is 5.32 Å². The van der Waals surface area contributed by atoms with Crippen molar-refractivity contribution in [1.82, 2.24) is 9.62 Å². The van der Waals surface area contributed by atoms with Crippen LogP contribution in [0.3, 0.4) is 0 Å². The maximum Gasteiger partial charge on any atom is 0.243 e. The van der Waals surface area contributed by atoms with Crippen molar-refractivity contribution in [3.8, 4) is 0 Å². The molecule has 0 bridgehead atoms. The third kappa shape index (κ3) is 4.62. The lowest BCUT2D eigenvalue weighted by Gasteiger charge is -2.25. The predicted octanol–water partition coefficient (Wildman–Crippen LogP) is 2.07. The fourth-order valence-electron chi connectivity index (χ4n) is 2.24. The van der Waals surface area contributed by atoms with Crippen molar-refractivity contribution in [3.05, 3.63) is 71.5 Å². The van der Waals surface area contributed by atoms with Gasteiger partial charge in [-0.15, -0.1) is 0 Å². The number of hydrogen-bond acceptors (Lipinski definition) is 3. The molecule has 0 aliphatic rings. The molecule has 1 amide bonds. The van der Waals surface area contributed by atoms with Gasteiger partial charge in [-0.3, -0.25) is 4.79 Å². The van der Waals surface area contributed by atoms with Crippen LogP contribution < -0.4 is 5.32 Å². The van der Waals surface area contributed by atoms with Gasteiger partial charge in [0.2, 0.25) is 15.9 Å². The van der Waals surface area contributed by atoms with E-state index in [1.807, 2.05) is 0 Å². The summed E-state index contributed by atoms with van der Waals surface area (Å²) in [6.45, 7) is 0.181. The Morgan fingerprint density at radius 3 is 2.25 bits per heavy atom. The Balaban J connectivity index is 2.20. The molecular weight excluding hydrogens is 331 g/mol. The van der Waals surface area contributed by atoms with Crippen LogP contribution in [0.15, 0.2) is 54.6 Å². The minimum Gasteiger partial charge on any atom is -0.350 e.